The van der Waals surface area contributed by atoms with Crippen LogP contribution in [0.1, 0.15) is 13.8 Å². The molecule has 1 heterocycles. The summed E-state index contributed by atoms with van der Waals surface area (Å²) in [6.07, 6.45) is 1.45. The van der Waals surface area contributed by atoms with Crippen molar-refractivity contribution >= 4 is 15.8 Å². The van der Waals surface area contributed by atoms with Crippen molar-refractivity contribution in [3.63, 3.8) is 0 Å². The average molecular weight is 273 g/mol. The van der Waals surface area contributed by atoms with Crippen molar-refractivity contribution in [3.05, 3.63) is 18.3 Å². The fraction of sp³-hybridized carbons (Fsp3) is 0.545. The Kier molecular flexibility index (Phi) is 4.66. The molecule has 0 amide bonds. The van der Waals surface area contributed by atoms with E-state index in [9.17, 15) is 8.42 Å². The SMILES string of the molecule is CNc1cc(S(=O)(=O)NC(C)(C)COC)ccn1. The zero-order valence-electron chi connectivity index (χ0n) is 11.0. The summed E-state index contributed by atoms with van der Waals surface area (Å²) >= 11 is 0. The van der Waals surface area contributed by atoms with Gasteiger partial charge in [0.1, 0.15) is 5.82 Å². The Balaban J connectivity index is 2.99. The molecule has 0 saturated carbocycles. The summed E-state index contributed by atoms with van der Waals surface area (Å²) in [6.45, 7) is 3.80. The minimum absolute atomic E-state index is 0.172. The van der Waals surface area contributed by atoms with Crippen LogP contribution in [0.15, 0.2) is 23.2 Å². The molecule has 7 heteroatoms. The topological polar surface area (TPSA) is 80.3 Å². The van der Waals surface area contributed by atoms with Crippen LogP contribution in [0.3, 0.4) is 0 Å². The van der Waals surface area contributed by atoms with Crippen LogP contribution >= 0.6 is 0 Å². The third-order valence-corrected chi connectivity index (χ3v) is 3.91. The summed E-state index contributed by atoms with van der Waals surface area (Å²) in [6, 6.07) is 2.93. The van der Waals surface area contributed by atoms with E-state index < -0.39 is 15.6 Å². The first kappa shape index (κ1) is 14.9. The molecular weight excluding hydrogens is 254 g/mol. The standard InChI is InChI=1S/C11H19N3O3S/c1-11(2,8-17-4)14-18(15,16)9-5-6-13-10(7-9)12-3/h5-7,14H,8H2,1-4H3,(H,12,13). The highest BCUT2D eigenvalue weighted by atomic mass is 32.2. The van der Waals surface area contributed by atoms with Gasteiger partial charge in [0.2, 0.25) is 10.0 Å². The zero-order chi connectivity index (χ0) is 13.8. The molecule has 102 valence electrons. The van der Waals surface area contributed by atoms with Crippen LogP contribution in [0.4, 0.5) is 5.82 Å². The van der Waals surface area contributed by atoms with Gasteiger partial charge in [-0.2, -0.15) is 0 Å². The highest BCUT2D eigenvalue weighted by Gasteiger charge is 2.26. The van der Waals surface area contributed by atoms with Gasteiger partial charge in [0.15, 0.2) is 0 Å². The lowest BCUT2D eigenvalue weighted by molar-refractivity contribution is 0.141. The monoisotopic (exact) mass is 273 g/mol. The third-order valence-electron chi connectivity index (χ3n) is 2.21. The molecule has 0 saturated heterocycles. The van der Waals surface area contributed by atoms with Gasteiger partial charge in [-0.1, -0.05) is 0 Å². The van der Waals surface area contributed by atoms with Gasteiger partial charge in [-0.05, 0) is 19.9 Å². The predicted molar refractivity (Wildman–Crippen MR) is 70.1 cm³/mol. The van der Waals surface area contributed by atoms with E-state index in [1.807, 2.05) is 0 Å². The van der Waals surface area contributed by atoms with Crippen molar-refractivity contribution in [1.82, 2.24) is 9.71 Å². The molecule has 0 aliphatic rings. The largest absolute Gasteiger partial charge is 0.383 e. The third kappa shape index (κ3) is 3.94. The number of hydrogen-bond donors (Lipinski definition) is 2. The highest BCUT2D eigenvalue weighted by molar-refractivity contribution is 7.89. The number of rotatable bonds is 6. The zero-order valence-corrected chi connectivity index (χ0v) is 11.8. The van der Waals surface area contributed by atoms with E-state index in [1.54, 1.807) is 20.9 Å². The van der Waals surface area contributed by atoms with Gasteiger partial charge < -0.3 is 10.1 Å². The number of hydrogen-bond acceptors (Lipinski definition) is 5. The van der Waals surface area contributed by atoms with Gasteiger partial charge in [0.25, 0.3) is 0 Å². The first-order valence-corrected chi connectivity index (χ1v) is 6.96. The number of sulfonamides is 1. The van der Waals surface area contributed by atoms with E-state index in [0.717, 1.165) is 0 Å². The van der Waals surface area contributed by atoms with Gasteiger partial charge in [-0.25, -0.2) is 18.1 Å². The number of nitrogens with zero attached hydrogens (tertiary/aromatic N) is 1. The summed E-state index contributed by atoms with van der Waals surface area (Å²) in [7, 11) is -0.372. The summed E-state index contributed by atoms with van der Waals surface area (Å²) in [5, 5.41) is 2.80. The van der Waals surface area contributed by atoms with Gasteiger partial charge in [0, 0.05) is 26.4 Å². The van der Waals surface area contributed by atoms with Crippen molar-refractivity contribution in [2.75, 3.05) is 26.1 Å². The lowest BCUT2D eigenvalue weighted by Gasteiger charge is -2.24. The van der Waals surface area contributed by atoms with Gasteiger partial charge in [-0.3, -0.25) is 0 Å². The summed E-state index contributed by atoms with van der Waals surface area (Å²) < 4.78 is 31.9. The van der Waals surface area contributed by atoms with E-state index in [4.69, 9.17) is 4.74 Å². The first-order chi connectivity index (χ1) is 8.30. The molecule has 0 radical (unpaired) electrons. The molecule has 0 unspecified atom stereocenters. The second-order valence-electron chi connectivity index (χ2n) is 4.55. The van der Waals surface area contributed by atoms with E-state index in [-0.39, 0.29) is 11.5 Å². The maximum absolute atomic E-state index is 12.2. The molecule has 6 nitrogen and oxygen atoms in total. The predicted octanol–water partition coefficient (Wildman–Crippen LogP) is 0.827. The molecule has 18 heavy (non-hydrogen) atoms. The van der Waals surface area contributed by atoms with Crippen molar-refractivity contribution < 1.29 is 13.2 Å². The molecule has 0 bridgehead atoms. The van der Waals surface area contributed by atoms with Crippen LogP contribution in [0.2, 0.25) is 0 Å². The first-order valence-electron chi connectivity index (χ1n) is 5.47. The normalized spacial score (nSPS) is 12.4. The van der Waals surface area contributed by atoms with Crippen molar-refractivity contribution in [3.8, 4) is 0 Å². The second-order valence-corrected chi connectivity index (χ2v) is 6.23. The molecule has 1 aromatic heterocycles. The molecule has 0 spiro atoms. The van der Waals surface area contributed by atoms with E-state index in [0.29, 0.717) is 5.82 Å². The Labute approximate surface area is 108 Å². The lowest BCUT2D eigenvalue weighted by Crippen LogP contribution is -2.46. The van der Waals surface area contributed by atoms with Crippen LogP contribution in [0.25, 0.3) is 0 Å². The van der Waals surface area contributed by atoms with Crippen LogP contribution < -0.4 is 10.0 Å². The number of anilines is 1. The Morgan fingerprint density at radius 1 is 1.44 bits per heavy atom. The molecule has 0 fully saturated rings. The van der Waals surface area contributed by atoms with Crippen LogP contribution in [-0.2, 0) is 14.8 Å². The van der Waals surface area contributed by atoms with Crippen molar-refractivity contribution in [2.24, 2.45) is 0 Å². The fourth-order valence-electron chi connectivity index (χ4n) is 1.53. The number of methoxy groups -OCH3 is 1. The highest BCUT2D eigenvalue weighted by Crippen LogP contribution is 2.15. The van der Waals surface area contributed by atoms with Gasteiger partial charge in [-0.15, -0.1) is 0 Å². The van der Waals surface area contributed by atoms with Crippen molar-refractivity contribution in [1.29, 1.82) is 0 Å². The maximum Gasteiger partial charge on any atom is 0.241 e. The van der Waals surface area contributed by atoms with Crippen molar-refractivity contribution in [2.45, 2.75) is 24.3 Å². The van der Waals surface area contributed by atoms with Gasteiger partial charge >= 0.3 is 0 Å². The summed E-state index contributed by atoms with van der Waals surface area (Å²) in [5.74, 6) is 0.502. The number of aromatic nitrogens is 1. The molecule has 0 atom stereocenters. The Morgan fingerprint density at radius 2 is 2.11 bits per heavy atom. The van der Waals surface area contributed by atoms with Crippen LogP contribution in [0.5, 0.6) is 0 Å². The minimum Gasteiger partial charge on any atom is -0.383 e. The summed E-state index contributed by atoms with van der Waals surface area (Å²) in [4.78, 5) is 4.15. The average Bonchev–Trinajstić information content (AvgIpc) is 2.27. The lowest BCUT2D eigenvalue weighted by atomic mass is 10.1. The van der Waals surface area contributed by atoms with Gasteiger partial charge in [0.05, 0.1) is 17.0 Å². The molecule has 0 aliphatic heterocycles. The second kappa shape index (κ2) is 5.64. The van der Waals surface area contributed by atoms with E-state index in [2.05, 4.69) is 15.0 Å². The Hall–Kier alpha value is -1.18. The molecule has 0 aromatic carbocycles. The molecule has 2 N–H and O–H groups in total. The molecule has 1 aromatic rings. The smallest absolute Gasteiger partial charge is 0.241 e. The van der Waals surface area contributed by atoms with E-state index in [1.165, 1.54) is 25.4 Å². The number of ether oxygens (including phenoxy) is 1. The fourth-order valence-corrected chi connectivity index (χ4v) is 2.94. The van der Waals surface area contributed by atoms with Crippen LogP contribution in [-0.4, -0.2) is 39.7 Å². The molecule has 0 aliphatic carbocycles. The van der Waals surface area contributed by atoms with E-state index >= 15 is 0 Å². The minimum atomic E-state index is -3.58. The Bertz CT molecular complexity index is 500. The van der Waals surface area contributed by atoms with Crippen LogP contribution in [0, 0.1) is 0 Å². The summed E-state index contributed by atoms with van der Waals surface area (Å²) in [5.41, 5.74) is -0.670. The number of nitrogens with one attached hydrogen (secondary N) is 2. The molecule has 1 rings (SSSR count). The number of pyridine rings is 1. The maximum atomic E-state index is 12.2. The quantitative estimate of drug-likeness (QED) is 0.802. The molecular formula is C11H19N3O3S. The Morgan fingerprint density at radius 3 is 2.67 bits per heavy atom.